The van der Waals surface area contributed by atoms with Crippen LogP contribution in [0.25, 0.3) is 10.9 Å². The minimum atomic E-state index is -1.29. The molecule has 2 aromatic carbocycles. The second-order valence-electron chi connectivity index (χ2n) is 6.81. The van der Waals surface area contributed by atoms with Gasteiger partial charge in [0.25, 0.3) is 5.91 Å². The number of nitrogens with zero attached hydrogens (tertiary/aromatic N) is 2. The second kappa shape index (κ2) is 7.73. The molecule has 1 unspecified atom stereocenters. The summed E-state index contributed by atoms with van der Waals surface area (Å²) in [4.78, 5) is 27.1. The van der Waals surface area contributed by atoms with Crippen molar-refractivity contribution in [1.82, 2.24) is 15.1 Å². The summed E-state index contributed by atoms with van der Waals surface area (Å²) < 4.78 is 0.865. The number of carbonyl (C=O) groups is 2. The third kappa shape index (κ3) is 3.65. The van der Waals surface area contributed by atoms with E-state index < -0.39 is 18.1 Å². The number of hydrogen-bond donors (Lipinski definition) is 3. The zero-order chi connectivity index (χ0) is 19.7. The van der Waals surface area contributed by atoms with Crippen LogP contribution in [0.5, 0.6) is 0 Å². The van der Waals surface area contributed by atoms with Crippen molar-refractivity contribution in [2.45, 2.75) is 25.0 Å². The lowest BCUT2D eigenvalue weighted by atomic mass is 10.1. The molecule has 144 valence electrons. The molecule has 3 N–H and O–H groups in total. The molecule has 0 spiro atoms. The molecule has 0 bridgehead atoms. The van der Waals surface area contributed by atoms with Crippen LogP contribution in [0.2, 0.25) is 0 Å². The molecule has 2 amide bonds. The molecule has 1 aliphatic heterocycles. The summed E-state index contributed by atoms with van der Waals surface area (Å²) in [6.07, 6.45) is 1.69. The van der Waals surface area contributed by atoms with Gasteiger partial charge in [0.1, 0.15) is 6.04 Å². The van der Waals surface area contributed by atoms with Crippen molar-refractivity contribution in [3.8, 4) is 0 Å². The number of fused-ring (bicyclic) bond motifs is 1. The zero-order valence-electron chi connectivity index (χ0n) is 14.9. The molecule has 1 fully saturated rings. The van der Waals surface area contributed by atoms with E-state index in [1.54, 1.807) is 36.5 Å². The number of benzene rings is 2. The van der Waals surface area contributed by atoms with E-state index in [9.17, 15) is 14.7 Å². The van der Waals surface area contributed by atoms with Gasteiger partial charge in [-0.1, -0.05) is 28.1 Å². The van der Waals surface area contributed by atoms with Crippen LogP contribution in [0.15, 0.2) is 53.1 Å². The first-order valence-corrected chi connectivity index (χ1v) is 9.80. The summed E-state index contributed by atoms with van der Waals surface area (Å²) in [5.74, 6) is -0.707. The van der Waals surface area contributed by atoms with Gasteiger partial charge in [0.2, 0.25) is 5.91 Å². The maximum Gasteiger partial charge on any atom is 0.256 e. The summed E-state index contributed by atoms with van der Waals surface area (Å²) in [5, 5.41) is 21.1. The molecule has 4 rings (SSSR count). The van der Waals surface area contributed by atoms with Gasteiger partial charge in [-0.05, 0) is 48.7 Å². The van der Waals surface area contributed by atoms with Crippen LogP contribution < -0.4 is 5.32 Å². The largest absolute Gasteiger partial charge is 0.378 e. The van der Waals surface area contributed by atoms with Crippen LogP contribution in [-0.2, 0) is 9.59 Å². The van der Waals surface area contributed by atoms with Gasteiger partial charge in [-0.15, -0.1) is 0 Å². The van der Waals surface area contributed by atoms with E-state index in [2.05, 4.69) is 31.4 Å². The number of aromatic amines is 1. The highest BCUT2D eigenvalue weighted by Crippen LogP contribution is 2.26. The maximum absolute atomic E-state index is 12.8. The van der Waals surface area contributed by atoms with Gasteiger partial charge in [-0.2, -0.15) is 5.10 Å². The molecule has 0 saturated carbocycles. The number of carbonyl (C=O) groups excluding carboxylic acids is 2. The van der Waals surface area contributed by atoms with Crippen molar-refractivity contribution in [2.75, 3.05) is 11.9 Å². The predicted molar refractivity (Wildman–Crippen MR) is 109 cm³/mol. The number of aliphatic hydroxyl groups is 1. The van der Waals surface area contributed by atoms with E-state index in [-0.39, 0.29) is 5.91 Å². The van der Waals surface area contributed by atoms with Gasteiger partial charge in [-0.3, -0.25) is 14.7 Å². The van der Waals surface area contributed by atoms with Crippen LogP contribution in [0.4, 0.5) is 5.69 Å². The Bertz CT molecular complexity index is 1020. The van der Waals surface area contributed by atoms with E-state index in [0.29, 0.717) is 24.2 Å². The number of halogens is 1. The molecular formula is C20H19BrN4O3. The van der Waals surface area contributed by atoms with Gasteiger partial charge in [0, 0.05) is 22.1 Å². The molecule has 1 saturated heterocycles. The first-order chi connectivity index (χ1) is 13.5. The Labute approximate surface area is 169 Å². The zero-order valence-corrected chi connectivity index (χ0v) is 16.5. The Kier molecular flexibility index (Phi) is 5.15. The number of aromatic nitrogens is 2. The smallest absolute Gasteiger partial charge is 0.256 e. The fourth-order valence-corrected chi connectivity index (χ4v) is 3.76. The topological polar surface area (TPSA) is 98.3 Å². The standard InChI is InChI=1S/C20H19BrN4O3/c21-14-5-3-12(4-6-14)18(26)20(28)25-9-1-2-17(25)19(27)23-15-7-8-16-13(10-15)11-22-24-16/h3-8,10-11,17-18,26H,1-2,9H2,(H,22,24)(H,23,27)/t17-,18?/m0/s1. The number of nitrogens with one attached hydrogen (secondary N) is 2. The Morgan fingerprint density at radius 2 is 2.04 bits per heavy atom. The number of aliphatic hydroxyl groups excluding tert-OH is 1. The van der Waals surface area contributed by atoms with Gasteiger partial charge < -0.3 is 15.3 Å². The first-order valence-electron chi connectivity index (χ1n) is 9.01. The SMILES string of the molecule is O=C(Nc1ccc2[nH]ncc2c1)[C@@H]1CCCN1C(=O)C(O)c1ccc(Br)cc1. The lowest BCUT2D eigenvalue weighted by Gasteiger charge is -2.26. The van der Waals surface area contributed by atoms with Crippen molar-refractivity contribution < 1.29 is 14.7 Å². The molecule has 1 aromatic heterocycles. The quantitative estimate of drug-likeness (QED) is 0.578. The lowest BCUT2D eigenvalue weighted by molar-refractivity contribution is -0.144. The third-order valence-corrected chi connectivity index (χ3v) is 5.49. The molecule has 0 radical (unpaired) electrons. The highest BCUT2D eigenvalue weighted by molar-refractivity contribution is 9.10. The van der Waals surface area contributed by atoms with Gasteiger partial charge in [-0.25, -0.2) is 0 Å². The van der Waals surface area contributed by atoms with Crippen LogP contribution in [0.1, 0.15) is 24.5 Å². The number of H-pyrrole nitrogens is 1. The fourth-order valence-electron chi connectivity index (χ4n) is 3.49. The number of amides is 2. The maximum atomic E-state index is 12.8. The predicted octanol–water partition coefficient (Wildman–Crippen LogP) is 2.99. The monoisotopic (exact) mass is 442 g/mol. The van der Waals surface area contributed by atoms with Crippen LogP contribution in [0, 0.1) is 0 Å². The molecule has 1 aliphatic rings. The van der Waals surface area contributed by atoms with E-state index in [1.165, 1.54) is 4.90 Å². The molecular weight excluding hydrogens is 424 g/mol. The average molecular weight is 443 g/mol. The summed E-state index contributed by atoms with van der Waals surface area (Å²) in [6, 6.07) is 11.8. The van der Waals surface area contributed by atoms with Crippen LogP contribution in [0.3, 0.4) is 0 Å². The number of hydrogen-bond acceptors (Lipinski definition) is 4. The number of anilines is 1. The van der Waals surface area contributed by atoms with Crippen LogP contribution >= 0.6 is 15.9 Å². The van der Waals surface area contributed by atoms with E-state index in [1.807, 2.05) is 12.1 Å². The summed E-state index contributed by atoms with van der Waals surface area (Å²) in [6.45, 7) is 0.450. The molecule has 3 aromatic rings. The van der Waals surface area contributed by atoms with Crippen molar-refractivity contribution >= 4 is 44.3 Å². The molecule has 28 heavy (non-hydrogen) atoms. The summed E-state index contributed by atoms with van der Waals surface area (Å²) >= 11 is 3.33. The lowest BCUT2D eigenvalue weighted by Crippen LogP contribution is -2.45. The summed E-state index contributed by atoms with van der Waals surface area (Å²) in [7, 11) is 0. The second-order valence-corrected chi connectivity index (χ2v) is 7.72. The van der Waals surface area contributed by atoms with Gasteiger partial charge in [0.05, 0.1) is 11.7 Å². The first kappa shape index (κ1) is 18.6. The van der Waals surface area contributed by atoms with Crippen molar-refractivity contribution in [3.05, 3.63) is 58.7 Å². The fraction of sp³-hybridized carbons (Fsp3) is 0.250. The highest BCUT2D eigenvalue weighted by atomic mass is 79.9. The minimum Gasteiger partial charge on any atom is -0.378 e. The Balaban J connectivity index is 1.48. The van der Waals surface area contributed by atoms with E-state index in [4.69, 9.17) is 0 Å². The Hall–Kier alpha value is -2.71. The highest BCUT2D eigenvalue weighted by Gasteiger charge is 2.37. The molecule has 7 nitrogen and oxygen atoms in total. The van der Waals surface area contributed by atoms with Crippen molar-refractivity contribution in [2.24, 2.45) is 0 Å². The number of likely N-dealkylation sites (tertiary alicyclic amines) is 1. The Morgan fingerprint density at radius 3 is 2.82 bits per heavy atom. The van der Waals surface area contributed by atoms with Crippen molar-refractivity contribution in [3.63, 3.8) is 0 Å². The third-order valence-electron chi connectivity index (χ3n) is 4.97. The number of rotatable bonds is 4. The normalized spacial score (nSPS) is 17.6. The average Bonchev–Trinajstić information content (AvgIpc) is 3.36. The molecule has 0 aliphatic carbocycles. The van der Waals surface area contributed by atoms with Crippen molar-refractivity contribution in [1.29, 1.82) is 0 Å². The van der Waals surface area contributed by atoms with E-state index >= 15 is 0 Å². The molecule has 8 heteroatoms. The Morgan fingerprint density at radius 1 is 1.25 bits per heavy atom. The van der Waals surface area contributed by atoms with Crippen LogP contribution in [-0.4, -0.2) is 44.6 Å². The molecule has 2 heterocycles. The van der Waals surface area contributed by atoms with E-state index in [0.717, 1.165) is 21.8 Å². The minimum absolute atomic E-state index is 0.253. The summed E-state index contributed by atoms with van der Waals surface area (Å²) in [5.41, 5.74) is 2.03. The van der Waals surface area contributed by atoms with Gasteiger partial charge in [0.15, 0.2) is 6.10 Å². The molecule has 2 atom stereocenters. The van der Waals surface area contributed by atoms with Gasteiger partial charge >= 0.3 is 0 Å².